The molecule has 0 atom stereocenters. The predicted molar refractivity (Wildman–Crippen MR) is 59.1 cm³/mol. The average Bonchev–Trinajstić information content (AvgIpc) is 2.74. The van der Waals surface area contributed by atoms with E-state index in [1.807, 2.05) is 23.8 Å². The molecule has 0 bridgehead atoms. The van der Waals surface area contributed by atoms with Crippen molar-refractivity contribution in [3.8, 4) is 0 Å². The molecular formula is C11H16N2O3. The van der Waals surface area contributed by atoms with Crippen molar-refractivity contribution in [1.29, 1.82) is 0 Å². The molecule has 0 unspecified atom stereocenters. The standard InChI is InChI=1S/C11H16N2O3/c1-3-6-13-7-4-5-9(13)11(15)12-8-10(14)16-2/h4-5,7H,3,6,8H2,1-2H3,(H,12,15). The predicted octanol–water partition coefficient (Wildman–Crippen LogP) is 0.801. The van der Waals surface area contributed by atoms with Crippen molar-refractivity contribution in [2.75, 3.05) is 13.7 Å². The van der Waals surface area contributed by atoms with Crippen molar-refractivity contribution in [1.82, 2.24) is 9.88 Å². The van der Waals surface area contributed by atoms with Gasteiger partial charge in [-0.2, -0.15) is 0 Å². The number of carbonyl (C=O) groups excluding carboxylic acids is 2. The van der Waals surface area contributed by atoms with E-state index in [1.54, 1.807) is 6.07 Å². The van der Waals surface area contributed by atoms with Gasteiger partial charge in [0.2, 0.25) is 0 Å². The highest BCUT2D eigenvalue weighted by molar-refractivity contribution is 5.94. The molecule has 1 aromatic rings. The summed E-state index contributed by atoms with van der Waals surface area (Å²) in [4.78, 5) is 22.5. The van der Waals surface area contributed by atoms with Crippen molar-refractivity contribution >= 4 is 11.9 Å². The topological polar surface area (TPSA) is 60.3 Å². The molecule has 0 aliphatic carbocycles. The molecule has 88 valence electrons. The van der Waals surface area contributed by atoms with Crippen LogP contribution in [0.15, 0.2) is 18.3 Å². The van der Waals surface area contributed by atoms with Gasteiger partial charge in [0.25, 0.3) is 5.91 Å². The fraction of sp³-hybridized carbons (Fsp3) is 0.455. The van der Waals surface area contributed by atoms with E-state index in [9.17, 15) is 9.59 Å². The Morgan fingerprint density at radius 3 is 2.88 bits per heavy atom. The Morgan fingerprint density at radius 1 is 1.50 bits per heavy atom. The molecule has 1 amide bonds. The third-order valence-electron chi connectivity index (χ3n) is 2.15. The Morgan fingerprint density at radius 2 is 2.25 bits per heavy atom. The van der Waals surface area contributed by atoms with Crippen molar-refractivity contribution in [2.24, 2.45) is 0 Å². The zero-order valence-electron chi connectivity index (χ0n) is 9.53. The first-order valence-electron chi connectivity index (χ1n) is 5.19. The van der Waals surface area contributed by atoms with Gasteiger partial charge in [-0.25, -0.2) is 0 Å². The molecule has 5 heteroatoms. The number of amides is 1. The van der Waals surface area contributed by atoms with Crippen LogP contribution in [-0.2, 0) is 16.1 Å². The number of carbonyl (C=O) groups is 2. The lowest BCUT2D eigenvalue weighted by molar-refractivity contribution is -0.139. The molecule has 0 saturated heterocycles. The van der Waals surface area contributed by atoms with Gasteiger partial charge in [-0.15, -0.1) is 0 Å². The zero-order chi connectivity index (χ0) is 12.0. The maximum atomic E-state index is 11.7. The first-order chi connectivity index (χ1) is 7.69. The number of aryl methyl sites for hydroxylation is 1. The molecule has 0 saturated carbocycles. The lowest BCUT2D eigenvalue weighted by Crippen LogP contribution is -2.31. The number of nitrogens with zero attached hydrogens (tertiary/aromatic N) is 1. The fourth-order valence-electron chi connectivity index (χ4n) is 1.37. The summed E-state index contributed by atoms with van der Waals surface area (Å²) in [6.45, 7) is 2.72. The van der Waals surface area contributed by atoms with E-state index in [1.165, 1.54) is 7.11 Å². The number of hydrogen-bond acceptors (Lipinski definition) is 3. The molecule has 0 aliphatic rings. The van der Waals surface area contributed by atoms with Crippen molar-refractivity contribution < 1.29 is 14.3 Å². The third-order valence-corrected chi connectivity index (χ3v) is 2.15. The van der Waals surface area contributed by atoms with Crippen molar-refractivity contribution in [3.63, 3.8) is 0 Å². The van der Waals surface area contributed by atoms with Gasteiger partial charge in [-0.3, -0.25) is 9.59 Å². The highest BCUT2D eigenvalue weighted by Crippen LogP contribution is 2.03. The molecular weight excluding hydrogens is 208 g/mol. The Balaban J connectivity index is 2.58. The van der Waals surface area contributed by atoms with E-state index >= 15 is 0 Å². The second-order valence-electron chi connectivity index (χ2n) is 3.35. The van der Waals surface area contributed by atoms with Crippen LogP contribution >= 0.6 is 0 Å². The Bertz CT molecular complexity index is 371. The Labute approximate surface area is 94.4 Å². The van der Waals surface area contributed by atoms with Crippen LogP contribution in [-0.4, -0.2) is 30.1 Å². The zero-order valence-corrected chi connectivity index (χ0v) is 9.53. The van der Waals surface area contributed by atoms with Gasteiger partial charge in [0.15, 0.2) is 0 Å². The molecule has 0 fully saturated rings. The maximum absolute atomic E-state index is 11.7. The van der Waals surface area contributed by atoms with Gasteiger partial charge in [0.1, 0.15) is 12.2 Å². The molecule has 16 heavy (non-hydrogen) atoms. The Hall–Kier alpha value is -1.78. The Kier molecular flexibility index (Phi) is 4.57. The minimum atomic E-state index is -0.457. The van der Waals surface area contributed by atoms with Crippen LogP contribution in [0.4, 0.5) is 0 Å². The normalized spacial score (nSPS) is 9.88. The molecule has 5 nitrogen and oxygen atoms in total. The number of hydrogen-bond donors (Lipinski definition) is 1. The van der Waals surface area contributed by atoms with Crippen LogP contribution in [0.5, 0.6) is 0 Å². The molecule has 0 aliphatic heterocycles. The summed E-state index contributed by atoms with van der Waals surface area (Å²) in [5.41, 5.74) is 0.561. The number of esters is 1. The molecule has 1 aromatic heterocycles. The quantitative estimate of drug-likeness (QED) is 0.752. The summed E-state index contributed by atoms with van der Waals surface area (Å²) >= 11 is 0. The SMILES string of the molecule is CCCn1cccc1C(=O)NCC(=O)OC. The van der Waals surface area contributed by atoms with Gasteiger partial charge >= 0.3 is 5.97 Å². The highest BCUT2D eigenvalue weighted by Gasteiger charge is 2.11. The van der Waals surface area contributed by atoms with Gasteiger partial charge in [-0.1, -0.05) is 6.92 Å². The van der Waals surface area contributed by atoms with Crippen LogP contribution in [0, 0.1) is 0 Å². The van der Waals surface area contributed by atoms with E-state index in [0.29, 0.717) is 5.69 Å². The fourth-order valence-corrected chi connectivity index (χ4v) is 1.37. The summed E-state index contributed by atoms with van der Waals surface area (Å²) in [6.07, 6.45) is 2.79. The third kappa shape index (κ3) is 3.12. The summed E-state index contributed by atoms with van der Waals surface area (Å²) < 4.78 is 6.29. The van der Waals surface area contributed by atoms with Gasteiger partial charge in [0.05, 0.1) is 7.11 Å². The second-order valence-corrected chi connectivity index (χ2v) is 3.35. The van der Waals surface area contributed by atoms with Crippen LogP contribution in [0.3, 0.4) is 0 Å². The molecule has 1 rings (SSSR count). The lowest BCUT2D eigenvalue weighted by Gasteiger charge is -2.07. The van der Waals surface area contributed by atoms with Crippen molar-refractivity contribution in [3.05, 3.63) is 24.0 Å². The maximum Gasteiger partial charge on any atom is 0.325 e. The number of rotatable bonds is 5. The molecule has 1 heterocycles. The first kappa shape index (κ1) is 12.3. The van der Waals surface area contributed by atoms with E-state index in [4.69, 9.17) is 0 Å². The van der Waals surface area contributed by atoms with E-state index in [2.05, 4.69) is 10.1 Å². The van der Waals surface area contributed by atoms with Gasteiger partial charge < -0.3 is 14.6 Å². The van der Waals surface area contributed by atoms with Crippen molar-refractivity contribution in [2.45, 2.75) is 19.9 Å². The largest absolute Gasteiger partial charge is 0.468 e. The number of aromatic nitrogens is 1. The number of ether oxygens (including phenoxy) is 1. The lowest BCUT2D eigenvalue weighted by atomic mass is 10.3. The second kappa shape index (κ2) is 5.95. The van der Waals surface area contributed by atoms with E-state index < -0.39 is 5.97 Å². The number of nitrogens with one attached hydrogen (secondary N) is 1. The minimum absolute atomic E-state index is 0.105. The number of methoxy groups -OCH3 is 1. The molecule has 1 N–H and O–H groups in total. The highest BCUT2D eigenvalue weighted by atomic mass is 16.5. The molecule has 0 spiro atoms. The molecule has 0 radical (unpaired) electrons. The summed E-state index contributed by atoms with van der Waals surface area (Å²) in [5.74, 6) is -0.717. The summed E-state index contributed by atoms with van der Waals surface area (Å²) in [6, 6.07) is 3.53. The van der Waals surface area contributed by atoms with Crippen LogP contribution in [0.25, 0.3) is 0 Å². The van der Waals surface area contributed by atoms with Crippen LogP contribution in [0.1, 0.15) is 23.8 Å². The van der Waals surface area contributed by atoms with Gasteiger partial charge in [0, 0.05) is 12.7 Å². The minimum Gasteiger partial charge on any atom is -0.468 e. The van der Waals surface area contributed by atoms with E-state index in [-0.39, 0.29) is 12.5 Å². The van der Waals surface area contributed by atoms with Gasteiger partial charge in [-0.05, 0) is 18.6 Å². The van der Waals surface area contributed by atoms with Crippen LogP contribution < -0.4 is 5.32 Å². The summed E-state index contributed by atoms with van der Waals surface area (Å²) in [5, 5.41) is 2.50. The smallest absolute Gasteiger partial charge is 0.325 e. The van der Waals surface area contributed by atoms with Crippen LogP contribution in [0.2, 0.25) is 0 Å². The average molecular weight is 224 g/mol. The molecule has 0 aromatic carbocycles. The monoisotopic (exact) mass is 224 g/mol. The summed E-state index contributed by atoms with van der Waals surface area (Å²) in [7, 11) is 1.29. The van der Waals surface area contributed by atoms with E-state index in [0.717, 1.165) is 13.0 Å². The first-order valence-corrected chi connectivity index (χ1v) is 5.19.